The van der Waals surface area contributed by atoms with Gasteiger partial charge in [-0.3, -0.25) is 9.89 Å². The highest BCUT2D eigenvalue weighted by Crippen LogP contribution is 2.36. The average molecular weight is 341 g/mol. The summed E-state index contributed by atoms with van der Waals surface area (Å²) < 4.78 is 38.7. The molecule has 1 aliphatic rings. The molecule has 6 nitrogen and oxygen atoms in total. The number of alkyl halides is 3. The van der Waals surface area contributed by atoms with Gasteiger partial charge < -0.3 is 5.32 Å². The molecule has 0 bridgehead atoms. The largest absolute Gasteiger partial charge is 0.435 e. The predicted octanol–water partition coefficient (Wildman–Crippen LogP) is 2.50. The van der Waals surface area contributed by atoms with Crippen molar-refractivity contribution in [2.45, 2.75) is 25.4 Å². The molecule has 23 heavy (non-hydrogen) atoms. The maximum atomic E-state index is 12.9. The summed E-state index contributed by atoms with van der Waals surface area (Å²) in [6, 6.07) is 1.90. The monoisotopic (exact) mass is 341 g/mol. The topological polar surface area (TPSA) is 94.5 Å². The van der Waals surface area contributed by atoms with Crippen LogP contribution in [-0.2, 0) is 23.8 Å². The Morgan fingerprint density at radius 1 is 1.52 bits per heavy atom. The van der Waals surface area contributed by atoms with E-state index in [-0.39, 0.29) is 17.1 Å². The molecule has 0 aliphatic heterocycles. The van der Waals surface area contributed by atoms with E-state index in [0.717, 1.165) is 11.3 Å². The number of aromatic nitrogens is 3. The minimum atomic E-state index is -4.54. The number of nitriles is 1. The molecule has 3 rings (SSSR count). The molecule has 2 aromatic rings. The summed E-state index contributed by atoms with van der Waals surface area (Å²) in [6.45, 7) is 0. The Morgan fingerprint density at radius 3 is 2.96 bits per heavy atom. The molecule has 0 saturated carbocycles. The number of rotatable bonds is 2. The minimum absolute atomic E-state index is 0.0248. The molecule has 2 heterocycles. The van der Waals surface area contributed by atoms with Crippen molar-refractivity contribution in [1.82, 2.24) is 15.2 Å². The van der Waals surface area contributed by atoms with Crippen LogP contribution in [0.15, 0.2) is 6.20 Å². The standard InChI is InChI=1S/C13H10F3N5OS/c14-13(15,16)10-8-3-6(1-2-9(8)20-21-10)11(22)19-12-18-5-7(4-17)23-12/h5-6H,1-3H2,(H,20,21)(H,18,19,22). The van der Waals surface area contributed by atoms with Gasteiger partial charge in [-0.05, 0) is 19.3 Å². The number of carbonyl (C=O) groups is 1. The number of aryl methyl sites for hydroxylation is 1. The third kappa shape index (κ3) is 3.05. The van der Waals surface area contributed by atoms with Gasteiger partial charge in [0.1, 0.15) is 10.9 Å². The first-order valence-corrected chi connectivity index (χ1v) is 7.50. The Balaban J connectivity index is 1.75. The molecule has 120 valence electrons. The van der Waals surface area contributed by atoms with Gasteiger partial charge in [0.05, 0.1) is 6.20 Å². The SMILES string of the molecule is N#Cc1cnc(NC(=O)C2CCc3[nH]nc(C(F)(F)F)c3C2)s1. The number of fused-ring (bicyclic) bond motifs is 1. The third-order valence-corrected chi connectivity index (χ3v) is 4.45. The fraction of sp³-hybridized carbons (Fsp3) is 0.385. The Morgan fingerprint density at radius 2 is 2.30 bits per heavy atom. The van der Waals surface area contributed by atoms with Crippen molar-refractivity contribution in [3.8, 4) is 6.07 Å². The lowest BCUT2D eigenvalue weighted by Crippen LogP contribution is -2.28. The van der Waals surface area contributed by atoms with Gasteiger partial charge in [-0.2, -0.15) is 23.5 Å². The first kappa shape index (κ1) is 15.5. The van der Waals surface area contributed by atoms with Crippen LogP contribution in [0.4, 0.5) is 18.3 Å². The predicted molar refractivity (Wildman–Crippen MR) is 74.6 cm³/mol. The maximum absolute atomic E-state index is 12.9. The molecule has 1 amide bonds. The number of hydrogen-bond donors (Lipinski definition) is 2. The molecule has 0 saturated heterocycles. The van der Waals surface area contributed by atoms with E-state index < -0.39 is 23.7 Å². The van der Waals surface area contributed by atoms with Gasteiger partial charge in [0.25, 0.3) is 0 Å². The van der Waals surface area contributed by atoms with Crippen molar-refractivity contribution in [2.75, 3.05) is 5.32 Å². The van der Waals surface area contributed by atoms with Crippen LogP contribution in [0.5, 0.6) is 0 Å². The van der Waals surface area contributed by atoms with Crippen LogP contribution in [0.25, 0.3) is 0 Å². The molecule has 0 spiro atoms. The lowest BCUT2D eigenvalue weighted by molar-refractivity contribution is -0.142. The van der Waals surface area contributed by atoms with E-state index >= 15 is 0 Å². The molecule has 0 radical (unpaired) electrons. The smallest absolute Gasteiger partial charge is 0.302 e. The highest BCUT2D eigenvalue weighted by atomic mass is 32.1. The first-order chi connectivity index (χ1) is 10.9. The molecule has 1 unspecified atom stereocenters. The van der Waals surface area contributed by atoms with E-state index in [2.05, 4.69) is 20.5 Å². The second kappa shape index (κ2) is 5.66. The second-order valence-electron chi connectivity index (χ2n) is 5.10. The van der Waals surface area contributed by atoms with Gasteiger partial charge >= 0.3 is 6.18 Å². The summed E-state index contributed by atoms with van der Waals surface area (Å²) in [4.78, 5) is 16.4. The summed E-state index contributed by atoms with van der Waals surface area (Å²) in [7, 11) is 0. The summed E-state index contributed by atoms with van der Waals surface area (Å²) in [5, 5.41) is 17.3. The lowest BCUT2D eigenvalue weighted by atomic mass is 9.86. The average Bonchev–Trinajstić information content (AvgIpc) is 3.11. The number of H-pyrrole nitrogens is 1. The number of halogens is 3. The number of amides is 1. The number of carbonyl (C=O) groups excluding carboxylic acids is 1. The molecule has 1 atom stereocenters. The highest BCUT2D eigenvalue weighted by Gasteiger charge is 2.40. The molecule has 10 heteroatoms. The fourth-order valence-electron chi connectivity index (χ4n) is 2.54. The number of aromatic amines is 1. The van der Waals surface area contributed by atoms with Crippen molar-refractivity contribution in [3.05, 3.63) is 28.0 Å². The Kier molecular flexibility index (Phi) is 3.81. The van der Waals surface area contributed by atoms with E-state index in [1.807, 2.05) is 6.07 Å². The number of nitrogens with zero attached hydrogens (tertiary/aromatic N) is 3. The quantitative estimate of drug-likeness (QED) is 0.877. The van der Waals surface area contributed by atoms with E-state index in [1.54, 1.807) is 0 Å². The summed E-state index contributed by atoms with van der Waals surface area (Å²) in [5.41, 5.74) is -0.464. The van der Waals surface area contributed by atoms with Crippen LogP contribution < -0.4 is 5.32 Å². The van der Waals surface area contributed by atoms with E-state index in [9.17, 15) is 18.0 Å². The van der Waals surface area contributed by atoms with Crippen LogP contribution in [0.2, 0.25) is 0 Å². The Labute approximate surface area is 132 Å². The normalized spacial score (nSPS) is 17.4. The van der Waals surface area contributed by atoms with Crippen molar-refractivity contribution in [3.63, 3.8) is 0 Å². The minimum Gasteiger partial charge on any atom is -0.302 e. The third-order valence-electron chi connectivity index (χ3n) is 3.63. The zero-order valence-corrected chi connectivity index (χ0v) is 12.4. The Bertz CT molecular complexity index is 788. The Hall–Kier alpha value is -2.41. The molecule has 1 aliphatic carbocycles. The van der Waals surface area contributed by atoms with E-state index in [1.165, 1.54) is 6.20 Å². The van der Waals surface area contributed by atoms with E-state index in [0.29, 0.717) is 23.4 Å². The number of anilines is 1. The lowest BCUT2D eigenvalue weighted by Gasteiger charge is -2.21. The maximum Gasteiger partial charge on any atom is 0.435 e. The van der Waals surface area contributed by atoms with Crippen molar-refractivity contribution in [2.24, 2.45) is 5.92 Å². The number of thiazole rings is 1. The van der Waals surface area contributed by atoms with Crippen LogP contribution in [0.1, 0.15) is 28.2 Å². The number of nitrogens with one attached hydrogen (secondary N) is 2. The van der Waals surface area contributed by atoms with E-state index in [4.69, 9.17) is 5.26 Å². The van der Waals surface area contributed by atoms with Crippen LogP contribution in [-0.4, -0.2) is 21.1 Å². The van der Waals surface area contributed by atoms with Gasteiger partial charge in [-0.15, -0.1) is 0 Å². The molecule has 2 N–H and O–H groups in total. The fourth-order valence-corrected chi connectivity index (χ4v) is 3.16. The summed E-state index contributed by atoms with van der Waals surface area (Å²) in [5.74, 6) is -0.987. The van der Waals surface area contributed by atoms with Gasteiger partial charge in [-0.25, -0.2) is 4.98 Å². The van der Waals surface area contributed by atoms with Crippen molar-refractivity contribution < 1.29 is 18.0 Å². The van der Waals surface area contributed by atoms with Gasteiger partial charge in [0.2, 0.25) is 5.91 Å². The van der Waals surface area contributed by atoms with Crippen LogP contribution in [0.3, 0.4) is 0 Å². The molecule has 0 aromatic carbocycles. The van der Waals surface area contributed by atoms with Crippen LogP contribution >= 0.6 is 11.3 Å². The zero-order valence-electron chi connectivity index (χ0n) is 11.6. The van der Waals surface area contributed by atoms with Crippen molar-refractivity contribution in [1.29, 1.82) is 5.26 Å². The zero-order chi connectivity index (χ0) is 16.6. The second-order valence-corrected chi connectivity index (χ2v) is 6.13. The van der Waals surface area contributed by atoms with Gasteiger partial charge in [0, 0.05) is 17.2 Å². The van der Waals surface area contributed by atoms with Crippen LogP contribution in [0, 0.1) is 17.2 Å². The summed E-state index contributed by atoms with van der Waals surface area (Å²) >= 11 is 1.02. The molecule has 0 fully saturated rings. The first-order valence-electron chi connectivity index (χ1n) is 6.68. The molecular weight excluding hydrogens is 331 g/mol. The summed E-state index contributed by atoms with van der Waals surface area (Å²) in [6.07, 6.45) is -2.48. The van der Waals surface area contributed by atoms with Gasteiger partial charge in [0.15, 0.2) is 10.8 Å². The van der Waals surface area contributed by atoms with Crippen molar-refractivity contribution >= 4 is 22.4 Å². The van der Waals surface area contributed by atoms with Gasteiger partial charge in [-0.1, -0.05) is 11.3 Å². The number of hydrogen-bond acceptors (Lipinski definition) is 5. The molecular formula is C13H10F3N5OS. The molecule has 2 aromatic heterocycles. The highest BCUT2D eigenvalue weighted by molar-refractivity contribution is 7.16.